The Labute approximate surface area is 129 Å². The third kappa shape index (κ3) is 3.67. The van der Waals surface area contributed by atoms with Gasteiger partial charge < -0.3 is 10.2 Å². The van der Waals surface area contributed by atoms with E-state index in [-0.39, 0.29) is 0 Å². The van der Waals surface area contributed by atoms with Crippen LogP contribution < -0.4 is 5.32 Å². The predicted octanol–water partition coefficient (Wildman–Crippen LogP) is 2.90. The van der Waals surface area contributed by atoms with Crippen molar-refractivity contribution in [3.63, 3.8) is 0 Å². The van der Waals surface area contributed by atoms with Gasteiger partial charge in [-0.1, -0.05) is 0 Å². The minimum atomic E-state index is 0.387. The molecule has 4 nitrogen and oxygen atoms in total. The van der Waals surface area contributed by atoms with Crippen molar-refractivity contribution in [3.8, 4) is 0 Å². The lowest BCUT2D eigenvalue weighted by molar-refractivity contribution is 0.263. The lowest BCUT2D eigenvalue weighted by Crippen LogP contribution is -2.31. The molecule has 1 aliphatic rings. The lowest BCUT2D eigenvalue weighted by Gasteiger charge is -2.21. The fraction of sp³-hybridized carbons (Fsp3) is 0.824. The number of nitrogens with zero attached hydrogens (tertiary/aromatic N) is 3. The Morgan fingerprint density at radius 2 is 2.00 bits per heavy atom. The second-order valence-corrected chi connectivity index (χ2v) is 6.77. The van der Waals surface area contributed by atoms with Gasteiger partial charge in [-0.15, -0.1) is 0 Å². The van der Waals surface area contributed by atoms with E-state index in [0.29, 0.717) is 12.1 Å². The van der Waals surface area contributed by atoms with Crippen LogP contribution in [0.3, 0.4) is 0 Å². The molecule has 0 radical (unpaired) electrons. The molecule has 2 atom stereocenters. The summed E-state index contributed by atoms with van der Waals surface area (Å²) >= 11 is 0. The van der Waals surface area contributed by atoms with Gasteiger partial charge in [-0.05, 0) is 67.0 Å². The molecular weight excluding hydrogens is 260 g/mol. The number of aromatic nitrogens is 2. The average molecular weight is 292 g/mol. The number of nitrogens with one attached hydrogen (secondary N) is 1. The first-order chi connectivity index (χ1) is 9.93. The van der Waals surface area contributed by atoms with Crippen molar-refractivity contribution >= 4 is 0 Å². The molecule has 0 spiro atoms. The minimum Gasteiger partial charge on any atom is -0.310 e. The van der Waals surface area contributed by atoms with E-state index in [1.807, 2.05) is 0 Å². The van der Waals surface area contributed by atoms with E-state index in [0.717, 1.165) is 19.0 Å². The van der Waals surface area contributed by atoms with Gasteiger partial charge in [0.15, 0.2) is 0 Å². The fourth-order valence-corrected chi connectivity index (χ4v) is 3.59. The molecule has 1 aromatic rings. The second kappa shape index (κ2) is 6.93. The molecule has 4 heteroatoms. The van der Waals surface area contributed by atoms with Crippen LogP contribution >= 0.6 is 0 Å². The van der Waals surface area contributed by atoms with Crippen LogP contribution in [0.2, 0.25) is 0 Å². The van der Waals surface area contributed by atoms with E-state index in [9.17, 15) is 0 Å². The van der Waals surface area contributed by atoms with Crippen molar-refractivity contribution in [3.05, 3.63) is 17.0 Å². The number of rotatable bonds is 6. The maximum atomic E-state index is 4.63. The minimum absolute atomic E-state index is 0.387. The lowest BCUT2D eigenvalue weighted by atomic mass is 10.0. The van der Waals surface area contributed by atoms with Crippen LogP contribution in [-0.2, 0) is 6.54 Å². The summed E-state index contributed by atoms with van der Waals surface area (Å²) in [5.41, 5.74) is 3.87. The van der Waals surface area contributed by atoms with E-state index in [1.54, 1.807) is 0 Å². The summed E-state index contributed by atoms with van der Waals surface area (Å²) in [6.07, 6.45) is 1.32. The molecule has 1 fully saturated rings. The quantitative estimate of drug-likeness (QED) is 0.875. The first kappa shape index (κ1) is 16.5. The molecule has 2 rings (SSSR count). The van der Waals surface area contributed by atoms with Gasteiger partial charge in [0, 0.05) is 36.4 Å². The molecule has 2 unspecified atom stereocenters. The zero-order valence-electron chi connectivity index (χ0n) is 14.6. The van der Waals surface area contributed by atoms with E-state index < -0.39 is 0 Å². The zero-order valence-corrected chi connectivity index (χ0v) is 14.6. The number of aryl methyl sites for hydroxylation is 2. The predicted molar refractivity (Wildman–Crippen MR) is 88.6 cm³/mol. The molecule has 1 aliphatic heterocycles. The molecule has 0 aliphatic carbocycles. The van der Waals surface area contributed by atoms with Gasteiger partial charge in [0.05, 0.1) is 5.69 Å². The van der Waals surface area contributed by atoms with Crippen LogP contribution in [0, 0.1) is 19.8 Å². The largest absolute Gasteiger partial charge is 0.310 e. The maximum absolute atomic E-state index is 4.63. The summed E-state index contributed by atoms with van der Waals surface area (Å²) in [5.74, 6) is 0.789. The monoisotopic (exact) mass is 292 g/mol. The van der Waals surface area contributed by atoms with E-state index in [1.165, 1.54) is 36.5 Å². The molecular formula is C17H32N4. The highest BCUT2D eigenvalue weighted by atomic mass is 15.3. The second-order valence-electron chi connectivity index (χ2n) is 6.77. The van der Waals surface area contributed by atoms with E-state index in [4.69, 9.17) is 0 Å². The van der Waals surface area contributed by atoms with Crippen LogP contribution in [0.5, 0.6) is 0 Å². The van der Waals surface area contributed by atoms with Crippen molar-refractivity contribution < 1.29 is 0 Å². The standard InChI is InChI=1S/C17H32N4/c1-7-21-15(6)17(14(5)19-21)13(4)18-10-16-8-9-20(11-16)12(2)3/h12-13,16,18H,7-11H2,1-6H3. The molecule has 0 aromatic carbocycles. The van der Waals surface area contributed by atoms with Gasteiger partial charge >= 0.3 is 0 Å². The highest BCUT2D eigenvalue weighted by molar-refractivity contribution is 5.27. The number of likely N-dealkylation sites (tertiary alicyclic amines) is 1. The third-order valence-electron chi connectivity index (χ3n) is 4.93. The molecule has 0 saturated carbocycles. The van der Waals surface area contributed by atoms with Gasteiger partial charge in [0.25, 0.3) is 0 Å². The zero-order chi connectivity index (χ0) is 15.6. The van der Waals surface area contributed by atoms with Crippen LogP contribution in [-0.4, -0.2) is 40.4 Å². The van der Waals surface area contributed by atoms with Crippen LogP contribution in [0.25, 0.3) is 0 Å². The van der Waals surface area contributed by atoms with Crippen molar-refractivity contribution in [2.45, 2.75) is 66.6 Å². The smallest absolute Gasteiger partial charge is 0.0644 e. The van der Waals surface area contributed by atoms with Gasteiger partial charge in [0.2, 0.25) is 0 Å². The first-order valence-corrected chi connectivity index (χ1v) is 8.45. The Morgan fingerprint density at radius 3 is 2.52 bits per heavy atom. The van der Waals surface area contributed by atoms with Crippen molar-refractivity contribution in [2.75, 3.05) is 19.6 Å². The highest BCUT2D eigenvalue weighted by Crippen LogP contribution is 2.23. The third-order valence-corrected chi connectivity index (χ3v) is 4.93. The van der Waals surface area contributed by atoms with Crippen LogP contribution in [0.1, 0.15) is 57.1 Å². The Morgan fingerprint density at radius 1 is 1.29 bits per heavy atom. The van der Waals surface area contributed by atoms with Crippen LogP contribution in [0.4, 0.5) is 0 Å². The molecule has 1 saturated heterocycles. The fourth-order valence-electron chi connectivity index (χ4n) is 3.59. The molecule has 0 bridgehead atoms. The summed E-state index contributed by atoms with van der Waals surface area (Å²) in [6.45, 7) is 17.9. The van der Waals surface area contributed by atoms with E-state index >= 15 is 0 Å². The summed E-state index contributed by atoms with van der Waals surface area (Å²) in [4.78, 5) is 2.59. The Hall–Kier alpha value is -0.870. The van der Waals surface area contributed by atoms with Crippen LogP contribution in [0.15, 0.2) is 0 Å². The van der Waals surface area contributed by atoms with Crippen molar-refractivity contribution in [2.24, 2.45) is 5.92 Å². The van der Waals surface area contributed by atoms with E-state index in [2.05, 4.69) is 61.5 Å². The van der Waals surface area contributed by atoms with Gasteiger partial charge in [-0.3, -0.25) is 4.68 Å². The molecule has 0 amide bonds. The topological polar surface area (TPSA) is 33.1 Å². The summed E-state index contributed by atoms with van der Waals surface area (Å²) in [6, 6.07) is 1.07. The molecule has 120 valence electrons. The Kier molecular flexibility index (Phi) is 5.44. The molecule has 2 heterocycles. The van der Waals surface area contributed by atoms with Gasteiger partial charge in [-0.2, -0.15) is 5.10 Å². The summed E-state index contributed by atoms with van der Waals surface area (Å²) in [5, 5.41) is 8.37. The SMILES string of the molecule is CCn1nc(C)c(C(C)NCC2CCN(C(C)C)C2)c1C. The summed E-state index contributed by atoms with van der Waals surface area (Å²) in [7, 11) is 0. The normalized spacial score (nSPS) is 21.4. The van der Waals surface area contributed by atoms with Gasteiger partial charge in [-0.25, -0.2) is 0 Å². The van der Waals surface area contributed by atoms with Gasteiger partial charge in [0.1, 0.15) is 0 Å². The first-order valence-electron chi connectivity index (χ1n) is 8.45. The Bertz CT molecular complexity index is 464. The average Bonchev–Trinajstić information content (AvgIpc) is 3.01. The van der Waals surface area contributed by atoms with Crippen molar-refractivity contribution in [1.82, 2.24) is 20.0 Å². The maximum Gasteiger partial charge on any atom is 0.0644 e. The Balaban J connectivity index is 1.91. The molecule has 21 heavy (non-hydrogen) atoms. The summed E-state index contributed by atoms with van der Waals surface area (Å²) < 4.78 is 2.11. The number of hydrogen-bond acceptors (Lipinski definition) is 3. The van der Waals surface area contributed by atoms with Crippen molar-refractivity contribution in [1.29, 1.82) is 0 Å². The molecule has 1 N–H and O–H groups in total. The highest BCUT2D eigenvalue weighted by Gasteiger charge is 2.25. The molecule has 1 aromatic heterocycles. The number of hydrogen-bond donors (Lipinski definition) is 1.